The molecule has 1 fully saturated rings. The van der Waals surface area contributed by atoms with Crippen molar-refractivity contribution in [3.05, 3.63) is 99.4 Å². The number of nitrogens with one attached hydrogen (secondary N) is 1. The van der Waals surface area contributed by atoms with Gasteiger partial charge in [-0.25, -0.2) is 0 Å². The number of halogens is 1. The summed E-state index contributed by atoms with van der Waals surface area (Å²) in [7, 11) is 0. The maximum atomic E-state index is 12.8. The SMILES string of the molecule is Cc1ccc(CN2C(=O)S/C(=C\c3cccc(OCC(=O)Nc4ccccc4Cl)c3)C2=O)cc1. The van der Waals surface area contributed by atoms with Crippen molar-refractivity contribution in [2.45, 2.75) is 13.5 Å². The average molecular weight is 493 g/mol. The molecule has 0 atom stereocenters. The molecule has 0 aliphatic carbocycles. The van der Waals surface area contributed by atoms with Gasteiger partial charge in [0.05, 0.1) is 22.2 Å². The first kappa shape index (κ1) is 23.6. The van der Waals surface area contributed by atoms with Crippen LogP contribution in [0.4, 0.5) is 10.5 Å². The van der Waals surface area contributed by atoms with Crippen LogP contribution in [-0.2, 0) is 16.1 Å². The second kappa shape index (κ2) is 10.6. The van der Waals surface area contributed by atoms with Crippen molar-refractivity contribution >= 4 is 52.2 Å². The van der Waals surface area contributed by atoms with Gasteiger partial charge in [0.2, 0.25) is 0 Å². The van der Waals surface area contributed by atoms with E-state index in [2.05, 4.69) is 5.32 Å². The zero-order valence-corrected chi connectivity index (χ0v) is 19.9. The van der Waals surface area contributed by atoms with Crippen LogP contribution >= 0.6 is 23.4 Å². The molecule has 3 aromatic carbocycles. The van der Waals surface area contributed by atoms with Gasteiger partial charge in [0.25, 0.3) is 17.1 Å². The maximum Gasteiger partial charge on any atom is 0.293 e. The van der Waals surface area contributed by atoms with Crippen molar-refractivity contribution in [2.75, 3.05) is 11.9 Å². The van der Waals surface area contributed by atoms with Crippen LogP contribution in [0.1, 0.15) is 16.7 Å². The normalized spacial score (nSPS) is 14.5. The second-order valence-corrected chi connectivity index (χ2v) is 9.04. The summed E-state index contributed by atoms with van der Waals surface area (Å²) in [6, 6.07) is 21.6. The van der Waals surface area contributed by atoms with Crippen LogP contribution in [0.5, 0.6) is 5.75 Å². The van der Waals surface area contributed by atoms with Crippen LogP contribution in [0.25, 0.3) is 6.08 Å². The van der Waals surface area contributed by atoms with Crippen molar-refractivity contribution in [1.29, 1.82) is 0 Å². The van der Waals surface area contributed by atoms with Crippen LogP contribution in [0, 0.1) is 6.92 Å². The van der Waals surface area contributed by atoms with E-state index in [0.29, 0.717) is 26.9 Å². The summed E-state index contributed by atoms with van der Waals surface area (Å²) in [6.07, 6.45) is 1.65. The number of aryl methyl sites for hydroxylation is 1. The summed E-state index contributed by atoms with van der Waals surface area (Å²) in [5, 5.41) is 2.83. The molecule has 3 amide bonds. The number of hydrogen-bond donors (Lipinski definition) is 1. The fourth-order valence-corrected chi connectivity index (χ4v) is 4.28. The summed E-state index contributed by atoms with van der Waals surface area (Å²) in [5.41, 5.74) is 3.19. The molecule has 1 saturated heterocycles. The van der Waals surface area contributed by atoms with Crippen LogP contribution in [-0.4, -0.2) is 28.6 Å². The quantitative estimate of drug-likeness (QED) is 0.415. The molecule has 4 rings (SSSR count). The van der Waals surface area contributed by atoms with Gasteiger partial charge in [0.15, 0.2) is 6.61 Å². The number of imide groups is 1. The van der Waals surface area contributed by atoms with Gasteiger partial charge in [-0.2, -0.15) is 0 Å². The number of para-hydroxylation sites is 1. The molecule has 0 spiro atoms. The van der Waals surface area contributed by atoms with E-state index >= 15 is 0 Å². The number of amides is 3. The average Bonchev–Trinajstić information content (AvgIpc) is 3.08. The van der Waals surface area contributed by atoms with Gasteiger partial charge in [-0.3, -0.25) is 19.3 Å². The summed E-state index contributed by atoms with van der Waals surface area (Å²) in [5.74, 6) is -0.223. The van der Waals surface area contributed by atoms with Gasteiger partial charge in [-0.15, -0.1) is 0 Å². The Morgan fingerprint density at radius 1 is 1.06 bits per heavy atom. The Bertz CT molecular complexity index is 1270. The number of ether oxygens (including phenoxy) is 1. The fraction of sp³-hybridized carbons (Fsp3) is 0.115. The van der Waals surface area contributed by atoms with Crippen molar-refractivity contribution in [2.24, 2.45) is 0 Å². The lowest BCUT2D eigenvalue weighted by Gasteiger charge is -2.12. The lowest BCUT2D eigenvalue weighted by atomic mass is 10.1. The van der Waals surface area contributed by atoms with E-state index in [0.717, 1.165) is 22.9 Å². The molecular weight excluding hydrogens is 472 g/mol. The summed E-state index contributed by atoms with van der Waals surface area (Å²) in [4.78, 5) is 39.0. The Balaban J connectivity index is 1.39. The first-order valence-corrected chi connectivity index (χ1v) is 11.7. The number of rotatable bonds is 7. The van der Waals surface area contributed by atoms with E-state index in [9.17, 15) is 14.4 Å². The van der Waals surface area contributed by atoms with E-state index in [1.54, 1.807) is 54.6 Å². The third-order valence-electron chi connectivity index (χ3n) is 5.01. The Labute approximate surface area is 206 Å². The maximum absolute atomic E-state index is 12.8. The summed E-state index contributed by atoms with van der Waals surface area (Å²) in [6.45, 7) is 2.00. The fourth-order valence-electron chi connectivity index (χ4n) is 3.26. The molecule has 1 aliphatic rings. The zero-order valence-electron chi connectivity index (χ0n) is 18.3. The minimum atomic E-state index is -0.351. The third-order valence-corrected chi connectivity index (χ3v) is 6.25. The summed E-state index contributed by atoms with van der Waals surface area (Å²) < 4.78 is 5.59. The molecule has 0 bridgehead atoms. The third kappa shape index (κ3) is 5.87. The predicted octanol–water partition coefficient (Wildman–Crippen LogP) is 5.90. The largest absolute Gasteiger partial charge is 0.484 e. The van der Waals surface area contributed by atoms with E-state index in [4.69, 9.17) is 16.3 Å². The zero-order chi connectivity index (χ0) is 24.1. The van der Waals surface area contributed by atoms with Gasteiger partial charge < -0.3 is 10.1 Å². The van der Waals surface area contributed by atoms with Crippen molar-refractivity contribution in [3.63, 3.8) is 0 Å². The molecule has 34 heavy (non-hydrogen) atoms. The summed E-state index contributed by atoms with van der Waals surface area (Å²) >= 11 is 6.96. The van der Waals surface area contributed by atoms with Gasteiger partial charge in [0, 0.05) is 0 Å². The van der Waals surface area contributed by atoms with Gasteiger partial charge in [0.1, 0.15) is 5.75 Å². The molecule has 6 nitrogen and oxygen atoms in total. The van der Waals surface area contributed by atoms with Crippen LogP contribution < -0.4 is 10.1 Å². The molecule has 1 heterocycles. The number of hydrogen-bond acceptors (Lipinski definition) is 5. The standard InChI is InChI=1S/C26H21ClN2O4S/c1-17-9-11-18(12-10-17)15-29-25(31)23(34-26(29)32)14-19-5-4-6-20(13-19)33-16-24(30)28-22-8-3-2-7-21(22)27/h2-14H,15-16H2,1H3,(H,28,30)/b23-14-. The van der Waals surface area contributed by atoms with Gasteiger partial charge in [-0.1, -0.05) is 65.7 Å². The van der Waals surface area contributed by atoms with Crippen molar-refractivity contribution in [1.82, 2.24) is 4.90 Å². The highest BCUT2D eigenvalue weighted by molar-refractivity contribution is 8.18. The molecule has 8 heteroatoms. The van der Waals surface area contributed by atoms with E-state index < -0.39 is 0 Å². The highest BCUT2D eigenvalue weighted by atomic mass is 35.5. The first-order valence-electron chi connectivity index (χ1n) is 10.5. The molecule has 0 saturated carbocycles. The minimum Gasteiger partial charge on any atom is -0.484 e. The number of benzene rings is 3. The number of carbonyl (C=O) groups excluding carboxylic acids is 3. The molecule has 1 aliphatic heterocycles. The van der Waals surface area contributed by atoms with Gasteiger partial charge >= 0.3 is 0 Å². The lowest BCUT2D eigenvalue weighted by molar-refractivity contribution is -0.123. The molecular formula is C26H21ClN2O4S. The highest BCUT2D eigenvalue weighted by Gasteiger charge is 2.34. The first-order chi connectivity index (χ1) is 16.4. The Morgan fingerprint density at radius 2 is 1.82 bits per heavy atom. The molecule has 1 N–H and O–H groups in total. The van der Waals surface area contributed by atoms with Crippen molar-refractivity contribution in [3.8, 4) is 5.75 Å². The molecule has 0 unspecified atom stereocenters. The lowest BCUT2D eigenvalue weighted by Crippen LogP contribution is -2.27. The van der Waals surface area contributed by atoms with Crippen LogP contribution in [0.15, 0.2) is 77.7 Å². The monoisotopic (exact) mass is 492 g/mol. The molecule has 172 valence electrons. The second-order valence-electron chi connectivity index (χ2n) is 7.64. The number of anilines is 1. The Hall–Kier alpha value is -3.55. The van der Waals surface area contributed by atoms with E-state index in [-0.39, 0.29) is 30.2 Å². The predicted molar refractivity (Wildman–Crippen MR) is 135 cm³/mol. The topological polar surface area (TPSA) is 75.7 Å². The Morgan fingerprint density at radius 3 is 2.59 bits per heavy atom. The number of nitrogens with zero attached hydrogens (tertiary/aromatic N) is 1. The molecule has 3 aromatic rings. The molecule has 0 radical (unpaired) electrons. The van der Waals surface area contributed by atoms with E-state index in [1.807, 2.05) is 31.2 Å². The molecule has 0 aromatic heterocycles. The van der Waals surface area contributed by atoms with Gasteiger partial charge in [-0.05, 0) is 60.2 Å². The van der Waals surface area contributed by atoms with Crippen molar-refractivity contribution < 1.29 is 19.1 Å². The number of thioether (sulfide) groups is 1. The van der Waals surface area contributed by atoms with Crippen LogP contribution in [0.3, 0.4) is 0 Å². The highest BCUT2D eigenvalue weighted by Crippen LogP contribution is 2.33. The Kier molecular flexibility index (Phi) is 7.35. The number of carbonyl (C=O) groups is 3. The van der Waals surface area contributed by atoms with Crippen LogP contribution in [0.2, 0.25) is 5.02 Å². The smallest absolute Gasteiger partial charge is 0.293 e. The van der Waals surface area contributed by atoms with E-state index in [1.165, 1.54) is 4.90 Å². The minimum absolute atomic E-state index is 0.207.